The molecule has 0 aromatic heterocycles. The largest absolute Gasteiger partial charge is 0.381 e. The molecule has 23 heavy (non-hydrogen) atoms. The van der Waals surface area contributed by atoms with E-state index in [1.165, 1.54) is 70.5 Å². The quantitative estimate of drug-likeness (QED) is 0.494. The third kappa shape index (κ3) is 5.62. The van der Waals surface area contributed by atoms with Gasteiger partial charge in [-0.2, -0.15) is 0 Å². The van der Waals surface area contributed by atoms with E-state index < -0.39 is 0 Å². The third-order valence-electron chi connectivity index (χ3n) is 6.22. The van der Waals surface area contributed by atoms with Crippen molar-refractivity contribution in [3.63, 3.8) is 0 Å². The zero-order chi connectivity index (χ0) is 16.1. The first-order valence-corrected chi connectivity index (χ1v) is 10.8. The average molecular weight is 341 g/mol. The van der Waals surface area contributed by atoms with Crippen molar-refractivity contribution in [2.24, 2.45) is 23.7 Å². The normalized spacial score (nSPS) is 31.6. The predicted octanol–water partition coefficient (Wildman–Crippen LogP) is 3.75. The third-order valence-corrected chi connectivity index (χ3v) is 7.21. The SMILES string of the molecule is CCSN1CCC(COCCC2C[C@@H]2C2CCN(C)CC2)CC1. The van der Waals surface area contributed by atoms with Crippen LogP contribution in [0.15, 0.2) is 0 Å². The monoisotopic (exact) mass is 340 g/mol. The predicted molar refractivity (Wildman–Crippen MR) is 99.7 cm³/mol. The lowest BCUT2D eigenvalue weighted by Crippen LogP contribution is -2.31. The van der Waals surface area contributed by atoms with Crippen LogP contribution in [0.4, 0.5) is 0 Å². The summed E-state index contributed by atoms with van der Waals surface area (Å²) in [6.07, 6.45) is 8.34. The molecule has 0 N–H and O–H groups in total. The molecule has 0 aromatic carbocycles. The number of piperidine rings is 2. The van der Waals surface area contributed by atoms with Gasteiger partial charge in [-0.3, -0.25) is 4.31 Å². The number of ether oxygens (including phenoxy) is 1. The fourth-order valence-corrected chi connectivity index (χ4v) is 5.34. The van der Waals surface area contributed by atoms with E-state index in [0.717, 1.165) is 36.9 Å². The van der Waals surface area contributed by atoms with Gasteiger partial charge in [0.15, 0.2) is 0 Å². The zero-order valence-electron chi connectivity index (χ0n) is 15.2. The van der Waals surface area contributed by atoms with Gasteiger partial charge in [0.2, 0.25) is 0 Å². The van der Waals surface area contributed by atoms with Crippen LogP contribution in [0.3, 0.4) is 0 Å². The maximum atomic E-state index is 6.04. The van der Waals surface area contributed by atoms with Gasteiger partial charge in [0.25, 0.3) is 0 Å². The Morgan fingerprint density at radius 1 is 1.04 bits per heavy atom. The first-order valence-electron chi connectivity index (χ1n) is 9.90. The molecule has 4 heteroatoms. The van der Waals surface area contributed by atoms with Crippen molar-refractivity contribution in [2.75, 3.05) is 52.2 Å². The lowest BCUT2D eigenvalue weighted by molar-refractivity contribution is 0.0752. The highest BCUT2D eigenvalue weighted by atomic mass is 32.2. The number of likely N-dealkylation sites (tertiary alicyclic amines) is 1. The molecule has 0 amide bonds. The summed E-state index contributed by atoms with van der Waals surface area (Å²) < 4.78 is 8.57. The van der Waals surface area contributed by atoms with E-state index in [0.29, 0.717) is 0 Å². The summed E-state index contributed by atoms with van der Waals surface area (Å²) in [5, 5.41) is 0. The molecule has 0 aromatic rings. The number of rotatable bonds is 8. The highest BCUT2D eigenvalue weighted by Crippen LogP contribution is 2.49. The van der Waals surface area contributed by atoms with Crippen molar-refractivity contribution in [1.29, 1.82) is 0 Å². The fourth-order valence-electron chi connectivity index (χ4n) is 4.51. The van der Waals surface area contributed by atoms with Crippen molar-refractivity contribution >= 4 is 11.9 Å². The summed E-state index contributed by atoms with van der Waals surface area (Å²) in [7, 11) is 2.26. The molecule has 0 spiro atoms. The summed E-state index contributed by atoms with van der Waals surface area (Å²) in [4.78, 5) is 2.49. The lowest BCUT2D eigenvalue weighted by Gasteiger charge is -2.30. The Morgan fingerprint density at radius 2 is 1.78 bits per heavy atom. The maximum Gasteiger partial charge on any atom is 0.0495 e. The molecule has 3 aliphatic rings. The molecule has 2 heterocycles. The van der Waals surface area contributed by atoms with Gasteiger partial charge in [-0.05, 0) is 82.3 Å². The van der Waals surface area contributed by atoms with E-state index >= 15 is 0 Å². The molecular weight excluding hydrogens is 304 g/mol. The molecular formula is C19H36N2OS. The van der Waals surface area contributed by atoms with Crippen LogP contribution in [0.25, 0.3) is 0 Å². The van der Waals surface area contributed by atoms with Gasteiger partial charge in [0, 0.05) is 32.1 Å². The summed E-state index contributed by atoms with van der Waals surface area (Å²) >= 11 is 2.00. The molecule has 1 aliphatic carbocycles. The van der Waals surface area contributed by atoms with E-state index in [-0.39, 0.29) is 0 Å². The van der Waals surface area contributed by atoms with Crippen molar-refractivity contribution in [1.82, 2.24) is 9.21 Å². The molecule has 2 aliphatic heterocycles. The van der Waals surface area contributed by atoms with E-state index in [2.05, 4.69) is 23.2 Å². The number of nitrogens with zero attached hydrogens (tertiary/aromatic N) is 2. The van der Waals surface area contributed by atoms with Crippen LogP contribution in [-0.4, -0.2) is 61.4 Å². The lowest BCUT2D eigenvalue weighted by atomic mass is 9.91. The van der Waals surface area contributed by atoms with Crippen LogP contribution >= 0.6 is 11.9 Å². The van der Waals surface area contributed by atoms with Gasteiger partial charge in [-0.25, -0.2) is 0 Å². The minimum Gasteiger partial charge on any atom is -0.381 e. The van der Waals surface area contributed by atoms with E-state index in [1.807, 2.05) is 11.9 Å². The Kier molecular flexibility index (Phi) is 7.11. The Labute approximate surface area is 147 Å². The molecule has 1 saturated carbocycles. The first kappa shape index (κ1) is 18.0. The summed E-state index contributed by atoms with van der Waals surface area (Å²) in [6.45, 7) is 9.42. The molecule has 3 nitrogen and oxygen atoms in total. The van der Waals surface area contributed by atoms with Gasteiger partial charge in [0.1, 0.15) is 0 Å². The number of hydrogen-bond donors (Lipinski definition) is 0. The van der Waals surface area contributed by atoms with Crippen LogP contribution in [0, 0.1) is 23.7 Å². The van der Waals surface area contributed by atoms with E-state index in [9.17, 15) is 0 Å². The second kappa shape index (κ2) is 9.07. The molecule has 1 unspecified atom stereocenters. The van der Waals surface area contributed by atoms with E-state index in [1.54, 1.807) is 0 Å². The van der Waals surface area contributed by atoms with Crippen LogP contribution in [-0.2, 0) is 4.74 Å². The second-order valence-corrected chi connectivity index (χ2v) is 9.31. The van der Waals surface area contributed by atoms with Crippen molar-refractivity contribution < 1.29 is 4.74 Å². The highest BCUT2D eigenvalue weighted by Gasteiger charge is 2.42. The highest BCUT2D eigenvalue weighted by molar-refractivity contribution is 7.96. The Balaban J connectivity index is 1.21. The van der Waals surface area contributed by atoms with Crippen molar-refractivity contribution in [2.45, 2.75) is 45.4 Å². The topological polar surface area (TPSA) is 15.7 Å². The summed E-state index contributed by atoms with van der Waals surface area (Å²) in [5.74, 6) is 5.08. The summed E-state index contributed by atoms with van der Waals surface area (Å²) in [5.41, 5.74) is 0. The number of hydrogen-bond acceptors (Lipinski definition) is 4. The smallest absolute Gasteiger partial charge is 0.0495 e. The molecule has 2 saturated heterocycles. The fraction of sp³-hybridized carbons (Fsp3) is 1.00. The molecule has 2 atom stereocenters. The summed E-state index contributed by atoms with van der Waals surface area (Å²) in [6, 6.07) is 0. The van der Waals surface area contributed by atoms with Gasteiger partial charge in [0.05, 0.1) is 0 Å². The molecule has 0 bridgehead atoms. The van der Waals surface area contributed by atoms with E-state index in [4.69, 9.17) is 4.74 Å². The first-order chi connectivity index (χ1) is 11.3. The minimum absolute atomic E-state index is 0.813. The molecule has 3 fully saturated rings. The molecule has 3 rings (SSSR count). The Morgan fingerprint density at radius 3 is 2.48 bits per heavy atom. The second-order valence-electron chi connectivity index (χ2n) is 7.95. The van der Waals surface area contributed by atoms with Crippen LogP contribution < -0.4 is 0 Å². The minimum atomic E-state index is 0.813. The Bertz CT molecular complexity index is 338. The van der Waals surface area contributed by atoms with Crippen molar-refractivity contribution in [3.05, 3.63) is 0 Å². The maximum absolute atomic E-state index is 6.04. The van der Waals surface area contributed by atoms with Gasteiger partial charge in [-0.15, -0.1) is 0 Å². The standard InChI is InChI=1S/C19H36N2OS/c1-3-23-21-11-4-16(5-12-21)15-22-13-8-18-14-19(18)17-6-9-20(2)10-7-17/h16-19H,3-15H2,1-2H3/t18?,19-/m1/s1. The average Bonchev–Trinajstić information content (AvgIpc) is 3.34. The van der Waals surface area contributed by atoms with Gasteiger partial charge >= 0.3 is 0 Å². The van der Waals surface area contributed by atoms with Gasteiger partial charge in [-0.1, -0.05) is 18.9 Å². The van der Waals surface area contributed by atoms with Crippen molar-refractivity contribution in [3.8, 4) is 0 Å². The van der Waals surface area contributed by atoms with Crippen LogP contribution in [0.2, 0.25) is 0 Å². The van der Waals surface area contributed by atoms with Crippen LogP contribution in [0.1, 0.15) is 45.4 Å². The molecule has 134 valence electrons. The van der Waals surface area contributed by atoms with Crippen LogP contribution in [0.5, 0.6) is 0 Å². The zero-order valence-corrected chi connectivity index (χ0v) is 16.0. The van der Waals surface area contributed by atoms with Gasteiger partial charge < -0.3 is 9.64 Å². The molecule has 0 radical (unpaired) electrons. The Hall–Kier alpha value is 0.230.